The van der Waals surface area contributed by atoms with Gasteiger partial charge in [0.05, 0.1) is 0 Å². The molecular weight excluding hydrogens is 72.1 g/mol. The second-order valence-corrected chi connectivity index (χ2v) is 2.11. The predicted octanol–water partition coefficient (Wildman–Crippen LogP) is 1.83. The predicted molar refractivity (Wildman–Crippen MR) is 27.5 cm³/mol. The van der Waals surface area contributed by atoms with Crippen LogP contribution in [0.15, 0.2) is 12.7 Å². The van der Waals surface area contributed by atoms with Crippen LogP contribution in [0.2, 0.25) is 0 Å². The molecule has 1 aliphatic carbocycles. The summed E-state index contributed by atoms with van der Waals surface area (Å²) in [6, 6.07) is 0. The zero-order chi connectivity index (χ0) is 4.57. The number of allylic oxidation sites excluding steroid dienone is 1. The topological polar surface area (TPSA) is 0 Å². The maximum atomic E-state index is 3.67. The van der Waals surface area contributed by atoms with E-state index in [4.69, 9.17) is 0 Å². The Morgan fingerprint density at radius 3 is 2.33 bits per heavy atom. The van der Waals surface area contributed by atoms with Crippen LogP contribution < -0.4 is 0 Å². The summed E-state index contributed by atoms with van der Waals surface area (Å²) < 4.78 is 0. The molecule has 0 aromatic rings. The molecule has 0 N–H and O–H groups in total. The third-order valence-corrected chi connectivity index (χ3v) is 1.47. The second-order valence-electron chi connectivity index (χ2n) is 2.11. The first-order valence-electron chi connectivity index (χ1n) is 2.47. The summed E-state index contributed by atoms with van der Waals surface area (Å²) in [5.41, 5.74) is 0. The van der Waals surface area contributed by atoms with Crippen LogP contribution in [0.1, 0.15) is 13.3 Å². The van der Waals surface area contributed by atoms with Crippen molar-refractivity contribution < 1.29 is 0 Å². The van der Waals surface area contributed by atoms with Crippen LogP contribution in [-0.2, 0) is 0 Å². The fourth-order valence-electron chi connectivity index (χ4n) is 0.679. The van der Waals surface area contributed by atoms with E-state index < -0.39 is 0 Å². The molecule has 1 aliphatic rings. The highest BCUT2D eigenvalue weighted by molar-refractivity contribution is 4.95. The number of hydrogen-bond donors (Lipinski definition) is 0. The molecule has 1 rings (SSSR count). The lowest BCUT2D eigenvalue weighted by Crippen LogP contribution is -1.62. The smallest absolute Gasteiger partial charge is 0.0207 e. The van der Waals surface area contributed by atoms with Gasteiger partial charge in [0.15, 0.2) is 0 Å². The van der Waals surface area contributed by atoms with E-state index in [1.165, 1.54) is 6.42 Å². The van der Waals surface area contributed by atoms with Gasteiger partial charge in [-0.3, -0.25) is 0 Å². The van der Waals surface area contributed by atoms with Crippen LogP contribution in [-0.4, -0.2) is 0 Å². The van der Waals surface area contributed by atoms with Crippen molar-refractivity contribution in [3.63, 3.8) is 0 Å². The van der Waals surface area contributed by atoms with Crippen molar-refractivity contribution in [3.05, 3.63) is 12.7 Å². The first kappa shape index (κ1) is 3.91. The minimum atomic E-state index is 0.866. The quantitative estimate of drug-likeness (QED) is 0.423. The molecule has 1 unspecified atom stereocenters. The Morgan fingerprint density at radius 1 is 1.83 bits per heavy atom. The molecular formula is C6H10. The Kier molecular flexibility index (Phi) is 0.722. The molecule has 0 amide bonds. The van der Waals surface area contributed by atoms with Gasteiger partial charge in [-0.25, -0.2) is 0 Å². The largest absolute Gasteiger partial charge is 0.103 e. The molecule has 0 heteroatoms. The Bertz CT molecular complexity index is 64.4. The molecule has 1 saturated carbocycles. The van der Waals surface area contributed by atoms with Crippen molar-refractivity contribution in [1.29, 1.82) is 0 Å². The van der Waals surface area contributed by atoms with Crippen LogP contribution in [0.25, 0.3) is 0 Å². The summed E-state index contributed by atoms with van der Waals surface area (Å²) in [4.78, 5) is 0. The molecule has 0 aliphatic heterocycles. The molecule has 34 valence electrons. The molecule has 0 spiro atoms. The van der Waals surface area contributed by atoms with Crippen LogP contribution in [0.4, 0.5) is 0 Å². The zero-order valence-corrected chi connectivity index (χ0v) is 4.15. The van der Waals surface area contributed by atoms with E-state index in [1.54, 1.807) is 0 Å². The van der Waals surface area contributed by atoms with E-state index in [9.17, 15) is 0 Å². The van der Waals surface area contributed by atoms with Gasteiger partial charge in [0.1, 0.15) is 0 Å². The van der Waals surface area contributed by atoms with Crippen molar-refractivity contribution in [3.8, 4) is 0 Å². The molecule has 0 nitrogen and oxygen atoms in total. The van der Waals surface area contributed by atoms with Crippen molar-refractivity contribution in [2.24, 2.45) is 11.8 Å². The fraction of sp³-hybridized carbons (Fsp3) is 0.667. The molecule has 6 heavy (non-hydrogen) atoms. The summed E-state index contributed by atoms with van der Waals surface area (Å²) in [5.74, 6) is 1.81. The molecule has 0 aromatic carbocycles. The zero-order valence-electron chi connectivity index (χ0n) is 4.15. The minimum absolute atomic E-state index is 0.866. The molecule has 1 fully saturated rings. The molecule has 2 atom stereocenters. The molecule has 0 bridgehead atoms. The lowest BCUT2D eigenvalue weighted by molar-refractivity contribution is 0.901. The van der Waals surface area contributed by atoms with Crippen molar-refractivity contribution in [2.75, 3.05) is 0 Å². The van der Waals surface area contributed by atoms with Gasteiger partial charge in [0.2, 0.25) is 0 Å². The summed E-state index contributed by atoms with van der Waals surface area (Å²) in [6.45, 7) is 5.93. The Labute approximate surface area is 38.9 Å². The molecule has 0 aromatic heterocycles. The van der Waals surface area contributed by atoms with Crippen molar-refractivity contribution >= 4 is 0 Å². The van der Waals surface area contributed by atoms with E-state index in [1.807, 2.05) is 6.08 Å². The van der Waals surface area contributed by atoms with E-state index in [0.29, 0.717) is 0 Å². The minimum Gasteiger partial charge on any atom is -0.103 e. The standard InChI is InChI=1S/C6H10/c1-3-6-4-5(6)2/h3,5-6H,1,4H2,2H3/t5-,6?/m1/s1. The van der Waals surface area contributed by atoms with Crippen molar-refractivity contribution in [1.82, 2.24) is 0 Å². The summed E-state index contributed by atoms with van der Waals surface area (Å²) >= 11 is 0. The van der Waals surface area contributed by atoms with E-state index in [2.05, 4.69) is 13.5 Å². The molecule has 0 radical (unpaired) electrons. The van der Waals surface area contributed by atoms with Gasteiger partial charge in [-0.15, -0.1) is 6.58 Å². The average Bonchev–Trinajstić information content (AvgIpc) is 2.19. The van der Waals surface area contributed by atoms with E-state index in [-0.39, 0.29) is 0 Å². The highest BCUT2D eigenvalue weighted by Gasteiger charge is 2.28. The molecule has 0 saturated heterocycles. The van der Waals surface area contributed by atoms with Crippen LogP contribution in [0.3, 0.4) is 0 Å². The Morgan fingerprint density at radius 2 is 2.33 bits per heavy atom. The third-order valence-electron chi connectivity index (χ3n) is 1.47. The third kappa shape index (κ3) is 0.469. The highest BCUT2D eigenvalue weighted by atomic mass is 14.3. The first-order valence-corrected chi connectivity index (χ1v) is 2.47. The Hall–Kier alpha value is -0.260. The first-order chi connectivity index (χ1) is 2.84. The number of rotatable bonds is 1. The van der Waals surface area contributed by atoms with Crippen LogP contribution in [0.5, 0.6) is 0 Å². The van der Waals surface area contributed by atoms with Gasteiger partial charge in [-0.05, 0) is 18.3 Å². The summed E-state index contributed by atoms with van der Waals surface area (Å²) in [6.07, 6.45) is 3.42. The highest BCUT2D eigenvalue weighted by Crippen LogP contribution is 2.37. The van der Waals surface area contributed by atoms with Gasteiger partial charge in [-0.1, -0.05) is 13.0 Å². The van der Waals surface area contributed by atoms with Gasteiger partial charge in [0.25, 0.3) is 0 Å². The Balaban J connectivity index is 2.25. The maximum absolute atomic E-state index is 3.67. The fourth-order valence-corrected chi connectivity index (χ4v) is 0.679. The summed E-state index contributed by atoms with van der Waals surface area (Å²) in [7, 11) is 0. The van der Waals surface area contributed by atoms with Crippen molar-refractivity contribution in [2.45, 2.75) is 13.3 Å². The van der Waals surface area contributed by atoms with Crippen LogP contribution >= 0.6 is 0 Å². The monoisotopic (exact) mass is 82.1 g/mol. The van der Waals surface area contributed by atoms with Crippen LogP contribution in [0, 0.1) is 11.8 Å². The van der Waals surface area contributed by atoms with Gasteiger partial charge in [0, 0.05) is 0 Å². The van der Waals surface area contributed by atoms with Gasteiger partial charge >= 0.3 is 0 Å². The van der Waals surface area contributed by atoms with E-state index in [0.717, 1.165) is 11.8 Å². The number of hydrogen-bond acceptors (Lipinski definition) is 0. The average molecular weight is 82.1 g/mol. The van der Waals surface area contributed by atoms with Gasteiger partial charge in [-0.2, -0.15) is 0 Å². The lowest BCUT2D eigenvalue weighted by atomic mass is 10.3. The lowest BCUT2D eigenvalue weighted by Gasteiger charge is -1.72. The second kappa shape index (κ2) is 1.11. The molecule has 0 heterocycles. The SMILES string of the molecule is C=CC1C[C@H]1C. The van der Waals surface area contributed by atoms with Gasteiger partial charge < -0.3 is 0 Å². The summed E-state index contributed by atoms with van der Waals surface area (Å²) in [5, 5.41) is 0. The normalized spacial score (nSPS) is 42.2. The van der Waals surface area contributed by atoms with E-state index >= 15 is 0 Å². The maximum Gasteiger partial charge on any atom is -0.0207 e.